The number of hydrogen-bond donors (Lipinski definition) is 1. The maximum Gasteiger partial charge on any atom is 0.142 e. The molecule has 1 aliphatic carbocycles. The van der Waals surface area contributed by atoms with Crippen LogP contribution in [0, 0.1) is 0 Å². The zero-order valence-corrected chi connectivity index (χ0v) is 9.43. The van der Waals surface area contributed by atoms with Crippen molar-refractivity contribution in [1.82, 2.24) is 0 Å². The third-order valence-electron chi connectivity index (χ3n) is 2.88. The maximum absolute atomic E-state index is 5.82. The minimum atomic E-state index is 0.355. The van der Waals surface area contributed by atoms with E-state index in [2.05, 4.69) is 5.16 Å². The Labute approximate surface area is 96.3 Å². The summed E-state index contributed by atoms with van der Waals surface area (Å²) in [5, 5.41) is 4.17. The Balaban J connectivity index is 1.77. The van der Waals surface area contributed by atoms with E-state index in [1.54, 1.807) is 0 Å². The van der Waals surface area contributed by atoms with Gasteiger partial charge >= 0.3 is 0 Å². The van der Waals surface area contributed by atoms with Gasteiger partial charge in [-0.2, -0.15) is 0 Å². The topological polar surface area (TPSA) is 47.6 Å². The Morgan fingerprint density at radius 3 is 2.56 bits per heavy atom. The zero-order valence-electron chi connectivity index (χ0n) is 9.43. The normalized spacial score (nSPS) is 20.6. The van der Waals surface area contributed by atoms with E-state index in [9.17, 15) is 0 Å². The highest BCUT2D eigenvalue weighted by molar-refractivity contribution is 5.84. The van der Waals surface area contributed by atoms with Gasteiger partial charge in [0.2, 0.25) is 0 Å². The van der Waals surface area contributed by atoms with Crippen LogP contribution in [0.4, 0.5) is 0 Å². The fourth-order valence-electron chi connectivity index (χ4n) is 1.84. The summed E-state index contributed by atoms with van der Waals surface area (Å²) in [6, 6.07) is 10.4. The van der Waals surface area contributed by atoms with Gasteiger partial charge in [0.25, 0.3) is 0 Å². The van der Waals surface area contributed by atoms with Crippen LogP contribution < -0.4 is 5.73 Å². The lowest BCUT2D eigenvalue weighted by atomic mass is 9.95. The maximum atomic E-state index is 5.82. The second-order valence-electron chi connectivity index (χ2n) is 4.25. The van der Waals surface area contributed by atoms with Crippen LogP contribution in [0.2, 0.25) is 0 Å². The third-order valence-corrected chi connectivity index (χ3v) is 2.88. The van der Waals surface area contributed by atoms with Gasteiger partial charge in [-0.15, -0.1) is 0 Å². The molecule has 0 radical (unpaired) electrons. The van der Waals surface area contributed by atoms with E-state index in [0.29, 0.717) is 12.6 Å². The number of hydrogen-bond acceptors (Lipinski definition) is 3. The molecule has 1 aromatic rings. The van der Waals surface area contributed by atoms with Gasteiger partial charge in [0, 0.05) is 6.04 Å². The summed E-state index contributed by atoms with van der Waals surface area (Å²) in [5.41, 5.74) is 8.12. The molecule has 0 aliphatic heterocycles. The summed E-state index contributed by atoms with van der Waals surface area (Å²) in [5.74, 6) is 0. The monoisotopic (exact) mass is 218 g/mol. The number of nitrogens with two attached hydrogens (primary N) is 1. The molecule has 1 fully saturated rings. The summed E-state index contributed by atoms with van der Waals surface area (Å²) >= 11 is 0. The van der Waals surface area contributed by atoms with Crippen LogP contribution in [0.15, 0.2) is 35.5 Å². The minimum absolute atomic E-state index is 0.355. The molecule has 0 spiro atoms. The molecule has 1 saturated carbocycles. The van der Waals surface area contributed by atoms with E-state index in [0.717, 1.165) is 37.0 Å². The van der Waals surface area contributed by atoms with Gasteiger partial charge in [-0.3, -0.25) is 0 Å². The molecular weight excluding hydrogens is 200 g/mol. The van der Waals surface area contributed by atoms with Crippen molar-refractivity contribution in [1.29, 1.82) is 0 Å². The van der Waals surface area contributed by atoms with Crippen molar-refractivity contribution in [3.05, 3.63) is 35.9 Å². The largest absolute Gasteiger partial charge is 0.391 e. The fraction of sp³-hybridized carbons (Fsp3) is 0.462. The first-order chi connectivity index (χ1) is 7.84. The first-order valence-electron chi connectivity index (χ1n) is 5.82. The molecule has 2 N–H and O–H groups in total. The lowest BCUT2D eigenvalue weighted by Gasteiger charge is -2.18. The number of oxime groups is 1. The first-order valence-corrected chi connectivity index (χ1v) is 5.82. The van der Waals surface area contributed by atoms with Gasteiger partial charge in [0.05, 0.1) is 5.71 Å². The van der Waals surface area contributed by atoms with Crippen molar-refractivity contribution in [2.24, 2.45) is 10.9 Å². The van der Waals surface area contributed by atoms with Crippen molar-refractivity contribution in [2.45, 2.75) is 38.3 Å². The summed E-state index contributed by atoms with van der Waals surface area (Å²) in [4.78, 5) is 5.34. The molecule has 0 unspecified atom stereocenters. The Bertz CT molecular complexity index is 338. The average Bonchev–Trinajstić information content (AvgIpc) is 2.33. The lowest BCUT2D eigenvalue weighted by molar-refractivity contribution is 0.128. The Kier molecular flexibility index (Phi) is 3.94. The molecule has 0 saturated heterocycles. The van der Waals surface area contributed by atoms with Gasteiger partial charge in [0.15, 0.2) is 0 Å². The molecular formula is C13H18N2O. The molecule has 3 heteroatoms. The Morgan fingerprint density at radius 1 is 1.19 bits per heavy atom. The minimum Gasteiger partial charge on any atom is -0.391 e. The van der Waals surface area contributed by atoms with Gasteiger partial charge in [-0.05, 0) is 31.2 Å². The summed E-state index contributed by atoms with van der Waals surface area (Å²) < 4.78 is 0. The molecule has 3 nitrogen and oxygen atoms in total. The fourth-order valence-corrected chi connectivity index (χ4v) is 1.84. The van der Waals surface area contributed by atoms with Gasteiger partial charge < -0.3 is 10.6 Å². The van der Waals surface area contributed by atoms with Crippen LogP contribution in [-0.4, -0.2) is 11.8 Å². The molecule has 86 valence electrons. The summed E-state index contributed by atoms with van der Waals surface area (Å²) in [6.45, 7) is 0.552. The first kappa shape index (κ1) is 11.1. The van der Waals surface area contributed by atoms with Crippen LogP contribution in [0.1, 0.15) is 31.2 Å². The van der Waals surface area contributed by atoms with Gasteiger partial charge in [-0.1, -0.05) is 35.5 Å². The van der Waals surface area contributed by atoms with Crippen LogP contribution in [0.5, 0.6) is 0 Å². The van der Waals surface area contributed by atoms with Crippen LogP contribution >= 0.6 is 0 Å². The van der Waals surface area contributed by atoms with Crippen molar-refractivity contribution in [2.75, 3.05) is 0 Å². The van der Waals surface area contributed by atoms with Crippen molar-refractivity contribution in [3.63, 3.8) is 0 Å². The number of nitrogens with zero attached hydrogens (tertiary/aromatic N) is 1. The molecule has 0 heterocycles. The number of benzene rings is 1. The molecule has 0 bridgehead atoms. The molecule has 0 atom stereocenters. The Morgan fingerprint density at radius 2 is 1.88 bits per heavy atom. The predicted molar refractivity (Wildman–Crippen MR) is 65.1 cm³/mol. The SMILES string of the molecule is NC1CCC(=NOCc2ccccc2)CC1. The van der Waals surface area contributed by atoms with Crippen LogP contribution in [-0.2, 0) is 11.4 Å². The molecule has 2 rings (SSSR count). The second kappa shape index (κ2) is 5.66. The molecule has 1 aromatic carbocycles. The smallest absolute Gasteiger partial charge is 0.142 e. The lowest BCUT2D eigenvalue weighted by Crippen LogP contribution is -2.26. The molecule has 16 heavy (non-hydrogen) atoms. The van der Waals surface area contributed by atoms with Crippen LogP contribution in [0.25, 0.3) is 0 Å². The van der Waals surface area contributed by atoms with Crippen molar-refractivity contribution < 1.29 is 4.84 Å². The van der Waals surface area contributed by atoms with Crippen molar-refractivity contribution >= 4 is 5.71 Å². The summed E-state index contributed by atoms with van der Waals surface area (Å²) in [6.07, 6.45) is 4.03. The molecule has 0 amide bonds. The van der Waals surface area contributed by atoms with E-state index in [-0.39, 0.29) is 0 Å². The highest BCUT2D eigenvalue weighted by Gasteiger charge is 2.13. The van der Waals surface area contributed by atoms with E-state index in [1.165, 1.54) is 0 Å². The van der Waals surface area contributed by atoms with Gasteiger partial charge in [-0.25, -0.2) is 0 Å². The van der Waals surface area contributed by atoms with Gasteiger partial charge in [0.1, 0.15) is 6.61 Å². The Hall–Kier alpha value is -1.35. The summed E-state index contributed by atoms with van der Waals surface area (Å²) in [7, 11) is 0. The van der Waals surface area contributed by atoms with E-state index < -0.39 is 0 Å². The van der Waals surface area contributed by atoms with E-state index in [4.69, 9.17) is 10.6 Å². The quantitative estimate of drug-likeness (QED) is 0.792. The van der Waals surface area contributed by atoms with Crippen molar-refractivity contribution in [3.8, 4) is 0 Å². The van der Waals surface area contributed by atoms with E-state index in [1.807, 2.05) is 30.3 Å². The molecule has 1 aliphatic rings. The van der Waals surface area contributed by atoms with Crippen LogP contribution in [0.3, 0.4) is 0 Å². The predicted octanol–water partition coefficient (Wildman–Crippen LogP) is 2.46. The average molecular weight is 218 g/mol. The number of rotatable bonds is 3. The van der Waals surface area contributed by atoms with E-state index >= 15 is 0 Å². The highest BCUT2D eigenvalue weighted by Crippen LogP contribution is 2.14. The zero-order chi connectivity index (χ0) is 11.2. The highest BCUT2D eigenvalue weighted by atomic mass is 16.6. The second-order valence-corrected chi connectivity index (χ2v) is 4.25. The standard InChI is InChI=1S/C13H18N2O/c14-12-6-8-13(9-7-12)15-16-10-11-4-2-1-3-5-11/h1-5,12H,6-10,14H2. The molecule has 0 aromatic heterocycles. The third kappa shape index (κ3) is 3.35.